The Morgan fingerprint density at radius 1 is 1.32 bits per heavy atom. The topological polar surface area (TPSA) is 49.9 Å². The van der Waals surface area contributed by atoms with E-state index in [9.17, 15) is 9.59 Å². The van der Waals surface area contributed by atoms with Gasteiger partial charge in [0.15, 0.2) is 0 Å². The number of aryl methyl sites for hydroxylation is 1. The zero-order chi connectivity index (χ0) is 17.6. The predicted molar refractivity (Wildman–Crippen MR) is 97.5 cm³/mol. The number of carbonyl (C=O) groups is 2. The molecular weight excluding hydrogens is 316 g/mol. The van der Waals surface area contributed by atoms with Gasteiger partial charge < -0.3 is 14.5 Å². The van der Waals surface area contributed by atoms with E-state index in [-0.39, 0.29) is 11.8 Å². The Morgan fingerprint density at radius 3 is 2.92 bits per heavy atom. The minimum Gasteiger partial charge on any atom is -0.381 e. The Kier molecular flexibility index (Phi) is 6.08. The summed E-state index contributed by atoms with van der Waals surface area (Å²) in [6, 6.07) is 8.08. The quantitative estimate of drug-likeness (QED) is 0.764. The summed E-state index contributed by atoms with van der Waals surface area (Å²) in [6.07, 6.45) is 3.62. The van der Waals surface area contributed by atoms with Crippen molar-refractivity contribution < 1.29 is 14.3 Å². The van der Waals surface area contributed by atoms with Crippen LogP contribution >= 0.6 is 0 Å². The molecule has 1 atom stereocenters. The number of hydrogen-bond donors (Lipinski definition) is 0. The lowest BCUT2D eigenvalue weighted by Gasteiger charge is -2.30. The van der Waals surface area contributed by atoms with Crippen LogP contribution in [-0.2, 0) is 20.7 Å². The van der Waals surface area contributed by atoms with Crippen LogP contribution in [0, 0.1) is 5.92 Å². The average Bonchev–Trinajstić information content (AvgIpc) is 3.14. The first kappa shape index (κ1) is 17.9. The van der Waals surface area contributed by atoms with Crippen molar-refractivity contribution in [2.24, 2.45) is 5.92 Å². The van der Waals surface area contributed by atoms with Gasteiger partial charge in [0.1, 0.15) is 0 Å². The molecule has 5 nitrogen and oxygen atoms in total. The van der Waals surface area contributed by atoms with Crippen molar-refractivity contribution in [2.45, 2.75) is 39.0 Å². The maximum absolute atomic E-state index is 12.5. The Bertz CT molecular complexity index is 611. The molecule has 1 saturated heterocycles. The molecule has 0 aromatic heterocycles. The highest BCUT2D eigenvalue weighted by Gasteiger charge is 2.24. The van der Waals surface area contributed by atoms with Crippen molar-refractivity contribution in [3.05, 3.63) is 29.8 Å². The summed E-state index contributed by atoms with van der Waals surface area (Å²) in [4.78, 5) is 28.6. The van der Waals surface area contributed by atoms with Crippen molar-refractivity contribution in [3.8, 4) is 0 Å². The number of anilines is 1. The average molecular weight is 344 g/mol. The standard InChI is InChI=1S/C20H28N2O3/c1-2-21(14-16-11-13-25-15-16)19(23)8-5-12-22-18-7-4-3-6-17(18)9-10-20(22)24/h3-4,6-7,16H,2,5,8-15H2,1H3. The highest BCUT2D eigenvalue weighted by molar-refractivity contribution is 5.96. The van der Waals surface area contributed by atoms with Crippen LogP contribution in [0.4, 0.5) is 5.69 Å². The molecule has 2 aliphatic rings. The van der Waals surface area contributed by atoms with Gasteiger partial charge >= 0.3 is 0 Å². The zero-order valence-corrected chi connectivity index (χ0v) is 15.1. The third-order valence-electron chi connectivity index (χ3n) is 5.20. The summed E-state index contributed by atoms with van der Waals surface area (Å²) in [5, 5.41) is 0. The van der Waals surface area contributed by atoms with Crippen molar-refractivity contribution in [1.82, 2.24) is 4.90 Å². The van der Waals surface area contributed by atoms with E-state index in [1.165, 1.54) is 5.56 Å². The highest BCUT2D eigenvalue weighted by atomic mass is 16.5. The minimum absolute atomic E-state index is 0.168. The molecule has 2 amide bonds. The molecule has 1 fully saturated rings. The molecule has 0 bridgehead atoms. The number of benzene rings is 1. The third-order valence-corrected chi connectivity index (χ3v) is 5.20. The first-order chi connectivity index (χ1) is 12.2. The molecule has 1 unspecified atom stereocenters. The molecule has 136 valence electrons. The second-order valence-electron chi connectivity index (χ2n) is 6.94. The van der Waals surface area contributed by atoms with Crippen molar-refractivity contribution in [3.63, 3.8) is 0 Å². The molecule has 2 heterocycles. The molecule has 25 heavy (non-hydrogen) atoms. The van der Waals surface area contributed by atoms with Crippen LogP contribution < -0.4 is 4.90 Å². The van der Waals surface area contributed by atoms with Crippen LogP contribution in [0.5, 0.6) is 0 Å². The molecule has 3 rings (SSSR count). The molecule has 1 aromatic rings. The number of hydrogen-bond acceptors (Lipinski definition) is 3. The van der Waals surface area contributed by atoms with Crippen LogP contribution in [0.2, 0.25) is 0 Å². The lowest BCUT2D eigenvalue weighted by Crippen LogP contribution is -2.38. The lowest BCUT2D eigenvalue weighted by molar-refractivity contribution is -0.131. The van der Waals surface area contributed by atoms with Gasteiger partial charge in [-0.05, 0) is 37.8 Å². The molecule has 0 saturated carbocycles. The second-order valence-corrected chi connectivity index (χ2v) is 6.94. The van der Waals surface area contributed by atoms with E-state index in [1.807, 2.05) is 34.9 Å². The number of amides is 2. The van der Waals surface area contributed by atoms with Gasteiger partial charge in [-0.1, -0.05) is 18.2 Å². The summed E-state index contributed by atoms with van der Waals surface area (Å²) < 4.78 is 5.41. The van der Waals surface area contributed by atoms with Crippen LogP contribution in [0.1, 0.15) is 38.2 Å². The van der Waals surface area contributed by atoms with Gasteiger partial charge in [-0.25, -0.2) is 0 Å². The van der Waals surface area contributed by atoms with Crippen molar-refractivity contribution >= 4 is 17.5 Å². The van der Waals surface area contributed by atoms with E-state index in [4.69, 9.17) is 4.74 Å². The van der Waals surface area contributed by atoms with Gasteiger partial charge in [-0.15, -0.1) is 0 Å². The van der Waals surface area contributed by atoms with E-state index in [0.717, 1.165) is 44.8 Å². The molecular formula is C20H28N2O3. The van der Waals surface area contributed by atoms with Crippen molar-refractivity contribution in [2.75, 3.05) is 37.7 Å². The van der Waals surface area contributed by atoms with Gasteiger partial charge in [-0.3, -0.25) is 9.59 Å². The van der Waals surface area contributed by atoms with E-state index >= 15 is 0 Å². The van der Waals surface area contributed by atoms with E-state index in [0.29, 0.717) is 31.7 Å². The minimum atomic E-state index is 0.168. The predicted octanol–water partition coefficient (Wildman–Crippen LogP) is 2.63. The zero-order valence-electron chi connectivity index (χ0n) is 15.1. The number of carbonyl (C=O) groups excluding carboxylic acids is 2. The van der Waals surface area contributed by atoms with Gasteiger partial charge in [0, 0.05) is 50.7 Å². The van der Waals surface area contributed by atoms with Crippen LogP contribution in [0.15, 0.2) is 24.3 Å². The normalized spacial score (nSPS) is 19.8. The summed E-state index contributed by atoms with van der Waals surface area (Å²) in [5.74, 6) is 0.827. The van der Waals surface area contributed by atoms with Gasteiger partial charge in [0.2, 0.25) is 11.8 Å². The summed E-state index contributed by atoms with van der Waals surface area (Å²) in [6.45, 7) is 5.75. The number of para-hydroxylation sites is 1. The summed E-state index contributed by atoms with van der Waals surface area (Å²) in [5.41, 5.74) is 2.24. The van der Waals surface area contributed by atoms with Crippen LogP contribution in [0.3, 0.4) is 0 Å². The van der Waals surface area contributed by atoms with E-state index in [1.54, 1.807) is 0 Å². The van der Waals surface area contributed by atoms with Gasteiger partial charge in [-0.2, -0.15) is 0 Å². The fourth-order valence-electron chi connectivity index (χ4n) is 3.73. The smallest absolute Gasteiger partial charge is 0.227 e. The maximum atomic E-state index is 12.5. The Morgan fingerprint density at radius 2 is 2.16 bits per heavy atom. The Balaban J connectivity index is 1.51. The van der Waals surface area contributed by atoms with Gasteiger partial charge in [0.05, 0.1) is 6.61 Å². The number of ether oxygens (including phenoxy) is 1. The van der Waals surface area contributed by atoms with Crippen LogP contribution in [0.25, 0.3) is 0 Å². The molecule has 0 radical (unpaired) electrons. The molecule has 0 spiro atoms. The SMILES string of the molecule is CCN(CC1CCOC1)C(=O)CCCN1C(=O)CCc2ccccc21. The van der Waals surface area contributed by atoms with Crippen molar-refractivity contribution in [1.29, 1.82) is 0 Å². The second kappa shape index (κ2) is 8.48. The number of nitrogens with zero attached hydrogens (tertiary/aromatic N) is 2. The maximum Gasteiger partial charge on any atom is 0.227 e. The first-order valence-corrected chi connectivity index (χ1v) is 9.42. The van der Waals surface area contributed by atoms with Gasteiger partial charge in [0.25, 0.3) is 0 Å². The monoisotopic (exact) mass is 344 g/mol. The fourth-order valence-corrected chi connectivity index (χ4v) is 3.73. The molecule has 2 aliphatic heterocycles. The highest BCUT2D eigenvalue weighted by Crippen LogP contribution is 2.27. The Hall–Kier alpha value is -1.88. The summed E-state index contributed by atoms with van der Waals surface area (Å²) >= 11 is 0. The fraction of sp³-hybridized carbons (Fsp3) is 0.600. The first-order valence-electron chi connectivity index (χ1n) is 9.42. The van der Waals surface area contributed by atoms with E-state index < -0.39 is 0 Å². The Labute approximate surface area is 149 Å². The number of rotatable bonds is 7. The summed E-state index contributed by atoms with van der Waals surface area (Å²) in [7, 11) is 0. The number of fused-ring (bicyclic) bond motifs is 1. The molecule has 0 aliphatic carbocycles. The molecule has 0 N–H and O–H groups in total. The molecule has 1 aromatic carbocycles. The van der Waals surface area contributed by atoms with Crippen LogP contribution in [-0.4, -0.2) is 49.6 Å². The molecule has 5 heteroatoms. The third kappa shape index (κ3) is 4.40. The lowest BCUT2D eigenvalue weighted by atomic mass is 10.0. The largest absolute Gasteiger partial charge is 0.381 e. The van der Waals surface area contributed by atoms with E-state index in [2.05, 4.69) is 6.07 Å².